The highest BCUT2D eigenvalue weighted by atomic mass is 35.5. The van der Waals surface area contributed by atoms with Crippen molar-refractivity contribution in [3.05, 3.63) is 34.5 Å². The number of aromatic nitrogens is 4. The zero-order valence-corrected chi connectivity index (χ0v) is 20.1. The number of nitrogens with one attached hydrogen (secondary N) is 2. The predicted molar refractivity (Wildman–Crippen MR) is 125 cm³/mol. The van der Waals surface area contributed by atoms with Gasteiger partial charge in [0.15, 0.2) is 11.5 Å². The number of H-pyrrole nitrogens is 1. The minimum atomic E-state index is -0.827. The van der Waals surface area contributed by atoms with Crippen LogP contribution < -0.4 is 5.32 Å². The van der Waals surface area contributed by atoms with Gasteiger partial charge in [0.2, 0.25) is 5.91 Å². The van der Waals surface area contributed by atoms with E-state index in [-0.39, 0.29) is 11.3 Å². The summed E-state index contributed by atoms with van der Waals surface area (Å²) in [6.45, 7) is 10.1. The molecule has 0 aliphatic rings. The van der Waals surface area contributed by atoms with Gasteiger partial charge in [0.25, 0.3) is 0 Å². The van der Waals surface area contributed by atoms with Crippen molar-refractivity contribution < 1.29 is 14.3 Å². The molecule has 1 unspecified atom stereocenters. The smallest absolute Gasteiger partial charge is 0.318 e. The van der Waals surface area contributed by atoms with Gasteiger partial charge >= 0.3 is 5.97 Å². The zero-order chi connectivity index (χ0) is 23.6. The number of amides is 1. The van der Waals surface area contributed by atoms with Gasteiger partial charge in [-0.15, -0.1) is 9.73 Å². The van der Waals surface area contributed by atoms with Gasteiger partial charge in [-0.3, -0.25) is 9.59 Å². The lowest BCUT2D eigenvalue weighted by Gasteiger charge is -2.15. The minimum Gasteiger partial charge on any atom is -0.468 e. The van der Waals surface area contributed by atoms with E-state index in [0.29, 0.717) is 35.0 Å². The molecule has 1 amide bonds. The molecule has 1 aromatic carbocycles. The number of benzene rings is 1. The molecule has 2 aromatic heterocycles. The van der Waals surface area contributed by atoms with E-state index in [1.54, 1.807) is 6.07 Å². The number of aryl methyl sites for hydroxylation is 1. The van der Waals surface area contributed by atoms with Crippen molar-refractivity contribution in [3.8, 4) is 11.4 Å². The number of halogens is 1. The normalized spacial score (nSPS) is 12.7. The summed E-state index contributed by atoms with van der Waals surface area (Å²) in [6.07, 6.45) is 1.85. The summed E-state index contributed by atoms with van der Waals surface area (Å²) < 4.78 is 6.30. The Bertz CT molecular complexity index is 1140. The molecule has 32 heavy (non-hydrogen) atoms. The summed E-state index contributed by atoms with van der Waals surface area (Å²) in [7, 11) is 1.29. The Labute approximate surface area is 192 Å². The van der Waals surface area contributed by atoms with Crippen molar-refractivity contribution in [2.75, 3.05) is 12.4 Å². The van der Waals surface area contributed by atoms with Gasteiger partial charge in [-0.25, -0.2) is 0 Å². The Balaban J connectivity index is 1.90. The van der Waals surface area contributed by atoms with E-state index in [0.717, 1.165) is 23.2 Å². The lowest BCUT2D eigenvalue weighted by atomic mass is 9.92. The quantitative estimate of drug-likeness (QED) is 0.391. The second-order valence-corrected chi connectivity index (χ2v) is 9.18. The average Bonchev–Trinajstić information content (AvgIpc) is 3.30. The van der Waals surface area contributed by atoms with Crippen LogP contribution in [0.4, 0.5) is 5.69 Å². The molecule has 172 valence electrons. The van der Waals surface area contributed by atoms with E-state index in [1.807, 2.05) is 26.0 Å². The van der Waals surface area contributed by atoms with Crippen LogP contribution in [-0.2, 0) is 26.2 Å². The summed E-state index contributed by atoms with van der Waals surface area (Å²) in [6, 6.07) is 5.57. The standard InChI is InChI=1S/C23H30ClN5O3/c1-7-9-16(22(31)32-6)21(30)25-14-10-11-15(13(8-2)12-14)19-26-20-17(24)18(23(3,4)5)27-29(20)28-19/h10-12,16H,7-9H2,1-6H3,(H,25,30)(H,26,28). The fraction of sp³-hybridized carbons (Fsp3) is 0.478. The molecule has 0 fully saturated rings. The van der Waals surface area contributed by atoms with Gasteiger partial charge in [0.05, 0.1) is 12.8 Å². The van der Waals surface area contributed by atoms with E-state index in [2.05, 4.69) is 41.3 Å². The van der Waals surface area contributed by atoms with Gasteiger partial charge in [-0.2, -0.15) is 5.10 Å². The molecule has 9 heteroatoms. The molecule has 8 nitrogen and oxygen atoms in total. The summed E-state index contributed by atoms with van der Waals surface area (Å²) in [5.74, 6) is -1.08. The summed E-state index contributed by atoms with van der Waals surface area (Å²) in [5, 5.41) is 12.5. The van der Waals surface area contributed by atoms with Crippen LogP contribution in [-0.4, -0.2) is 38.8 Å². The lowest BCUT2D eigenvalue weighted by Crippen LogP contribution is -2.30. The third-order valence-corrected chi connectivity index (χ3v) is 5.70. The second kappa shape index (κ2) is 9.32. The lowest BCUT2D eigenvalue weighted by molar-refractivity contribution is -0.148. The van der Waals surface area contributed by atoms with Crippen LogP contribution >= 0.6 is 11.6 Å². The number of nitrogens with zero attached hydrogens (tertiary/aromatic N) is 3. The summed E-state index contributed by atoms with van der Waals surface area (Å²) in [5.41, 5.74) is 3.72. The van der Waals surface area contributed by atoms with Crippen molar-refractivity contribution in [1.82, 2.24) is 19.8 Å². The maximum atomic E-state index is 12.6. The molecule has 0 saturated carbocycles. The Morgan fingerprint density at radius 3 is 2.53 bits per heavy atom. The monoisotopic (exact) mass is 459 g/mol. The number of hydrogen-bond acceptors (Lipinski definition) is 5. The molecule has 3 rings (SSSR count). The number of fused-ring (bicyclic) bond motifs is 1. The Hall–Kier alpha value is -2.87. The van der Waals surface area contributed by atoms with Crippen molar-refractivity contribution in [1.29, 1.82) is 0 Å². The molecule has 2 heterocycles. The predicted octanol–water partition coefficient (Wildman–Crippen LogP) is 4.77. The second-order valence-electron chi connectivity index (χ2n) is 8.80. The molecule has 3 aromatic rings. The van der Waals surface area contributed by atoms with E-state index < -0.39 is 11.9 Å². The fourth-order valence-corrected chi connectivity index (χ4v) is 4.05. The molecule has 0 bridgehead atoms. The molecular formula is C23H30ClN5O3. The van der Waals surface area contributed by atoms with Gasteiger partial charge in [0.1, 0.15) is 10.9 Å². The average molecular weight is 460 g/mol. The summed E-state index contributed by atoms with van der Waals surface area (Å²) >= 11 is 6.55. The highest BCUT2D eigenvalue weighted by Crippen LogP contribution is 2.33. The number of hydrogen-bond donors (Lipinski definition) is 2. The number of aromatic amines is 1. The first-order chi connectivity index (χ1) is 15.1. The Kier molecular flexibility index (Phi) is 6.93. The topological polar surface area (TPSA) is 101 Å². The highest BCUT2D eigenvalue weighted by Gasteiger charge is 2.27. The molecule has 2 N–H and O–H groups in total. The molecule has 0 radical (unpaired) electrons. The van der Waals surface area contributed by atoms with Crippen LogP contribution in [0.5, 0.6) is 0 Å². The zero-order valence-electron chi connectivity index (χ0n) is 19.4. The third-order valence-electron chi connectivity index (χ3n) is 5.34. The summed E-state index contributed by atoms with van der Waals surface area (Å²) in [4.78, 5) is 27.9. The number of ether oxygens (including phenoxy) is 1. The maximum absolute atomic E-state index is 12.6. The van der Waals surface area contributed by atoms with Crippen molar-refractivity contribution >= 4 is 34.8 Å². The SMILES string of the molecule is CCCC(C(=O)Nc1ccc(-c2nn3nc(C(C)(C)C)c(Cl)c3[nH]2)c(CC)c1)C(=O)OC. The molecule has 0 spiro atoms. The van der Waals surface area contributed by atoms with E-state index >= 15 is 0 Å². The largest absolute Gasteiger partial charge is 0.468 e. The van der Waals surface area contributed by atoms with Crippen LogP contribution in [0.25, 0.3) is 17.0 Å². The maximum Gasteiger partial charge on any atom is 0.318 e. The molecule has 0 aliphatic heterocycles. The van der Waals surface area contributed by atoms with Crippen LogP contribution in [0.1, 0.15) is 58.7 Å². The molecular weight excluding hydrogens is 430 g/mol. The number of esters is 1. The molecule has 0 saturated heterocycles. The first-order valence-electron chi connectivity index (χ1n) is 10.8. The Morgan fingerprint density at radius 1 is 1.25 bits per heavy atom. The Morgan fingerprint density at radius 2 is 1.97 bits per heavy atom. The highest BCUT2D eigenvalue weighted by molar-refractivity contribution is 6.34. The molecule has 0 aliphatic carbocycles. The van der Waals surface area contributed by atoms with Crippen LogP contribution in [0, 0.1) is 5.92 Å². The van der Waals surface area contributed by atoms with Crippen molar-refractivity contribution in [2.24, 2.45) is 5.92 Å². The molecule has 1 atom stereocenters. The third kappa shape index (κ3) is 4.65. The van der Waals surface area contributed by atoms with E-state index in [1.165, 1.54) is 11.7 Å². The first kappa shape index (κ1) is 23.8. The number of carbonyl (C=O) groups is 2. The number of rotatable bonds is 7. The first-order valence-corrected chi connectivity index (χ1v) is 11.1. The van der Waals surface area contributed by atoms with Crippen molar-refractivity contribution in [3.63, 3.8) is 0 Å². The van der Waals surface area contributed by atoms with Gasteiger partial charge in [0, 0.05) is 16.7 Å². The van der Waals surface area contributed by atoms with Gasteiger partial charge in [-0.05, 0) is 36.6 Å². The van der Waals surface area contributed by atoms with Gasteiger partial charge < -0.3 is 15.0 Å². The van der Waals surface area contributed by atoms with Gasteiger partial charge in [-0.1, -0.05) is 52.6 Å². The van der Waals surface area contributed by atoms with Crippen LogP contribution in [0.3, 0.4) is 0 Å². The number of anilines is 1. The number of carbonyl (C=O) groups excluding carboxylic acids is 2. The van der Waals surface area contributed by atoms with E-state index in [4.69, 9.17) is 16.3 Å². The fourth-order valence-electron chi connectivity index (χ4n) is 3.61. The number of methoxy groups -OCH3 is 1. The van der Waals surface area contributed by atoms with Crippen LogP contribution in [0.2, 0.25) is 5.02 Å². The van der Waals surface area contributed by atoms with Crippen LogP contribution in [0.15, 0.2) is 18.2 Å². The minimum absolute atomic E-state index is 0.194. The van der Waals surface area contributed by atoms with E-state index in [9.17, 15) is 9.59 Å². The van der Waals surface area contributed by atoms with Crippen molar-refractivity contribution in [2.45, 2.75) is 59.3 Å².